The summed E-state index contributed by atoms with van der Waals surface area (Å²) in [6.45, 7) is 13.0. The fourth-order valence-electron chi connectivity index (χ4n) is 1.54. The maximum Gasteiger partial charge on any atom is 0.307 e. The molecule has 0 amide bonds. The van der Waals surface area contributed by atoms with Gasteiger partial charge in [-0.3, -0.25) is 4.79 Å². The Labute approximate surface area is 116 Å². The van der Waals surface area contributed by atoms with E-state index in [1.165, 1.54) is 0 Å². The van der Waals surface area contributed by atoms with Crippen molar-refractivity contribution >= 4 is 14.3 Å². The van der Waals surface area contributed by atoms with Crippen molar-refractivity contribution in [3.05, 3.63) is 29.3 Å². The molecule has 19 heavy (non-hydrogen) atoms. The summed E-state index contributed by atoms with van der Waals surface area (Å²) in [6.07, 6.45) is 0.0568. The van der Waals surface area contributed by atoms with Gasteiger partial charge in [-0.1, -0.05) is 32.9 Å². The van der Waals surface area contributed by atoms with Crippen LogP contribution in [0.25, 0.3) is 0 Å². The zero-order chi connectivity index (χ0) is 14.8. The first-order chi connectivity index (χ1) is 8.53. The fourth-order valence-corrected chi connectivity index (χ4v) is 2.62. The van der Waals surface area contributed by atoms with E-state index in [9.17, 15) is 4.79 Å². The number of hydrogen-bond donors (Lipinski definition) is 1. The number of carboxylic acids is 1. The van der Waals surface area contributed by atoms with Crippen molar-refractivity contribution < 1.29 is 14.3 Å². The topological polar surface area (TPSA) is 46.5 Å². The van der Waals surface area contributed by atoms with E-state index < -0.39 is 14.3 Å². The average molecular weight is 280 g/mol. The van der Waals surface area contributed by atoms with Gasteiger partial charge in [0.15, 0.2) is 0 Å². The molecule has 0 spiro atoms. The molecule has 1 rings (SSSR count). The maximum absolute atomic E-state index is 10.7. The minimum Gasteiger partial charge on any atom is -0.543 e. The van der Waals surface area contributed by atoms with Gasteiger partial charge in [0, 0.05) is 0 Å². The highest BCUT2D eigenvalue weighted by Crippen LogP contribution is 2.38. The lowest BCUT2D eigenvalue weighted by Gasteiger charge is -2.37. The summed E-state index contributed by atoms with van der Waals surface area (Å²) < 4.78 is 6.25. The molecule has 1 aromatic carbocycles. The summed E-state index contributed by atoms with van der Waals surface area (Å²) in [4.78, 5) is 10.7. The highest BCUT2D eigenvalue weighted by Gasteiger charge is 2.39. The van der Waals surface area contributed by atoms with Gasteiger partial charge in [-0.05, 0) is 42.2 Å². The van der Waals surface area contributed by atoms with Crippen LogP contribution >= 0.6 is 0 Å². The van der Waals surface area contributed by atoms with Gasteiger partial charge in [-0.25, -0.2) is 0 Å². The van der Waals surface area contributed by atoms with Crippen LogP contribution in [0.15, 0.2) is 18.2 Å². The molecule has 0 aromatic heterocycles. The van der Waals surface area contributed by atoms with E-state index in [4.69, 9.17) is 9.53 Å². The first-order valence-electron chi connectivity index (χ1n) is 6.53. The van der Waals surface area contributed by atoms with Crippen molar-refractivity contribution in [2.75, 3.05) is 0 Å². The molecule has 106 valence electrons. The van der Waals surface area contributed by atoms with E-state index >= 15 is 0 Å². The van der Waals surface area contributed by atoms with Crippen molar-refractivity contribution in [1.82, 2.24) is 0 Å². The summed E-state index contributed by atoms with van der Waals surface area (Å²) in [6, 6.07) is 5.63. The number of aryl methyl sites for hydroxylation is 1. The van der Waals surface area contributed by atoms with E-state index in [0.717, 1.165) is 16.9 Å². The van der Waals surface area contributed by atoms with Crippen LogP contribution in [0.3, 0.4) is 0 Å². The minimum absolute atomic E-state index is 0.0568. The van der Waals surface area contributed by atoms with Crippen LogP contribution < -0.4 is 4.43 Å². The third kappa shape index (κ3) is 4.09. The molecule has 0 fully saturated rings. The van der Waals surface area contributed by atoms with Crippen molar-refractivity contribution in [2.45, 2.75) is 52.2 Å². The average Bonchev–Trinajstić information content (AvgIpc) is 2.19. The number of carbonyl (C=O) groups is 1. The highest BCUT2D eigenvalue weighted by atomic mass is 28.4. The molecule has 0 radical (unpaired) electrons. The molecule has 0 unspecified atom stereocenters. The molecule has 0 atom stereocenters. The molecular weight excluding hydrogens is 256 g/mol. The third-order valence-electron chi connectivity index (χ3n) is 3.77. The minimum atomic E-state index is -1.84. The van der Waals surface area contributed by atoms with Gasteiger partial charge in [0.1, 0.15) is 5.75 Å². The van der Waals surface area contributed by atoms with Crippen LogP contribution in [0.4, 0.5) is 0 Å². The Morgan fingerprint density at radius 1 is 1.32 bits per heavy atom. The summed E-state index contributed by atoms with van der Waals surface area (Å²) >= 11 is 0. The maximum atomic E-state index is 10.7. The molecule has 1 aromatic rings. The van der Waals surface area contributed by atoms with Crippen molar-refractivity contribution in [3.63, 3.8) is 0 Å². The smallest absolute Gasteiger partial charge is 0.307 e. The first-order valence-corrected chi connectivity index (χ1v) is 9.44. The Bertz CT molecular complexity index is 473. The predicted molar refractivity (Wildman–Crippen MR) is 80.3 cm³/mol. The molecule has 0 saturated heterocycles. The first kappa shape index (κ1) is 15.8. The molecule has 0 aliphatic carbocycles. The summed E-state index contributed by atoms with van der Waals surface area (Å²) in [7, 11) is -1.84. The van der Waals surface area contributed by atoms with Crippen molar-refractivity contribution in [3.8, 4) is 5.75 Å². The van der Waals surface area contributed by atoms with E-state index in [-0.39, 0.29) is 11.5 Å². The zero-order valence-corrected chi connectivity index (χ0v) is 13.7. The van der Waals surface area contributed by atoms with Gasteiger partial charge in [-0.2, -0.15) is 0 Å². The SMILES string of the molecule is Cc1cc(CC(=O)O)ccc1O[Si](C)(C)C(C)(C)C. The zero-order valence-electron chi connectivity index (χ0n) is 12.7. The van der Waals surface area contributed by atoms with Crippen LogP contribution in [0, 0.1) is 6.92 Å². The third-order valence-corrected chi connectivity index (χ3v) is 8.11. The molecule has 0 aliphatic heterocycles. The van der Waals surface area contributed by atoms with Gasteiger partial charge in [0.25, 0.3) is 0 Å². The normalized spacial score (nSPS) is 12.3. The summed E-state index contributed by atoms with van der Waals surface area (Å²) in [5, 5.41) is 8.95. The van der Waals surface area contributed by atoms with E-state index in [0.29, 0.717) is 0 Å². The van der Waals surface area contributed by atoms with E-state index in [1.54, 1.807) is 0 Å². The molecular formula is C15H24O3Si. The molecule has 1 N–H and O–H groups in total. The van der Waals surface area contributed by atoms with Crippen LogP contribution in [0.1, 0.15) is 31.9 Å². The second kappa shape index (κ2) is 5.37. The Balaban J connectivity index is 2.95. The lowest BCUT2D eigenvalue weighted by molar-refractivity contribution is -0.136. The van der Waals surface area contributed by atoms with Gasteiger partial charge in [0.05, 0.1) is 6.42 Å². The molecule has 0 saturated carbocycles. The second-order valence-corrected chi connectivity index (χ2v) is 11.3. The second-order valence-electron chi connectivity index (χ2n) is 6.53. The van der Waals surface area contributed by atoms with E-state index in [2.05, 4.69) is 33.9 Å². The highest BCUT2D eigenvalue weighted by molar-refractivity contribution is 6.74. The molecule has 4 heteroatoms. The number of benzene rings is 1. The van der Waals surface area contributed by atoms with Crippen LogP contribution in [0.5, 0.6) is 5.75 Å². The van der Waals surface area contributed by atoms with Gasteiger partial charge < -0.3 is 9.53 Å². The van der Waals surface area contributed by atoms with Crippen LogP contribution in [-0.2, 0) is 11.2 Å². The monoisotopic (exact) mass is 280 g/mol. The Morgan fingerprint density at radius 3 is 2.32 bits per heavy atom. The van der Waals surface area contributed by atoms with Gasteiger partial charge >= 0.3 is 5.97 Å². The van der Waals surface area contributed by atoms with Crippen molar-refractivity contribution in [1.29, 1.82) is 0 Å². The number of carboxylic acid groups (broad SMARTS) is 1. The number of rotatable bonds is 4. The van der Waals surface area contributed by atoms with Crippen molar-refractivity contribution in [2.24, 2.45) is 0 Å². The summed E-state index contributed by atoms with van der Waals surface area (Å²) in [5.74, 6) is 0.0678. The molecule has 3 nitrogen and oxygen atoms in total. The largest absolute Gasteiger partial charge is 0.543 e. The summed E-state index contributed by atoms with van der Waals surface area (Å²) in [5.41, 5.74) is 1.82. The Morgan fingerprint density at radius 2 is 1.89 bits per heavy atom. The Kier molecular flexibility index (Phi) is 4.45. The number of hydrogen-bond acceptors (Lipinski definition) is 2. The fraction of sp³-hybridized carbons (Fsp3) is 0.533. The standard InChI is InChI=1S/C15H24O3Si/c1-11-9-12(10-14(16)17)7-8-13(11)18-19(5,6)15(2,3)4/h7-9H,10H2,1-6H3,(H,16,17). The lowest BCUT2D eigenvalue weighted by Crippen LogP contribution is -2.44. The Hall–Kier alpha value is -1.29. The van der Waals surface area contributed by atoms with Crippen LogP contribution in [0.2, 0.25) is 18.1 Å². The molecule has 0 heterocycles. The number of aliphatic carboxylic acids is 1. The van der Waals surface area contributed by atoms with Crippen LogP contribution in [-0.4, -0.2) is 19.4 Å². The van der Waals surface area contributed by atoms with Gasteiger partial charge in [0.2, 0.25) is 8.32 Å². The van der Waals surface area contributed by atoms with Gasteiger partial charge in [-0.15, -0.1) is 0 Å². The molecule has 0 aliphatic rings. The quantitative estimate of drug-likeness (QED) is 0.848. The predicted octanol–water partition coefficient (Wildman–Crippen LogP) is 4.01. The lowest BCUT2D eigenvalue weighted by atomic mass is 10.1. The molecule has 0 bridgehead atoms. The van der Waals surface area contributed by atoms with E-state index in [1.807, 2.05) is 25.1 Å².